The van der Waals surface area contributed by atoms with Gasteiger partial charge < -0.3 is 15.2 Å². The lowest BCUT2D eigenvalue weighted by Gasteiger charge is -2.23. The van der Waals surface area contributed by atoms with Crippen LogP contribution < -0.4 is 10.1 Å². The molecule has 4 aromatic rings. The van der Waals surface area contributed by atoms with Crippen LogP contribution in [0.1, 0.15) is 24.2 Å². The summed E-state index contributed by atoms with van der Waals surface area (Å²) in [6, 6.07) is 20.8. The van der Waals surface area contributed by atoms with Crippen LogP contribution in [0.25, 0.3) is 10.9 Å². The molecule has 0 saturated carbocycles. The molecule has 4 rings (SSSR count). The molecule has 2 heterocycles. The monoisotopic (exact) mass is 371 g/mol. The number of aromatic nitrogens is 2. The fourth-order valence-electron chi connectivity index (χ4n) is 3.26. The number of benzene rings is 2. The number of nitrogens with one attached hydrogen (secondary N) is 1. The Balaban J connectivity index is 1.83. The number of ether oxygens (including phenoxy) is 1. The quantitative estimate of drug-likeness (QED) is 0.503. The summed E-state index contributed by atoms with van der Waals surface area (Å²) in [5, 5.41) is 15.4. The zero-order valence-electron chi connectivity index (χ0n) is 15.5. The first-order chi connectivity index (χ1) is 13.8. The predicted octanol–water partition coefficient (Wildman–Crippen LogP) is 4.94. The van der Waals surface area contributed by atoms with Crippen molar-refractivity contribution in [3.63, 3.8) is 0 Å². The fraction of sp³-hybridized carbons (Fsp3) is 0.130. The molecule has 2 aromatic heterocycles. The smallest absolute Gasteiger partial charge is 0.147 e. The molecule has 1 unspecified atom stereocenters. The molecule has 2 aromatic carbocycles. The highest BCUT2D eigenvalue weighted by Gasteiger charge is 2.22. The minimum atomic E-state index is -0.366. The van der Waals surface area contributed by atoms with Gasteiger partial charge in [0.1, 0.15) is 17.0 Å². The summed E-state index contributed by atoms with van der Waals surface area (Å²) in [5.41, 5.74) is 2.90. The highest BCUT2D eigenvalue weighted by atomic mass is 16.5. The minimum Gasteiger partial charge on any atom is -0.505 e. The SMILES string of the molecule is CCOc1ccccc1NC(c1ccccn1)c1ccc2cccnc2c1O. The first kappa shape index (κ1) is 17.8. The van der Waals surface area contributed by atoms with E-state index in [-0.39, 0.29) is 11.8 Å². The topological polar surface area (TPSA) is 67.3 Å². The molecule has 2 N–H and O–H groups in total. The van der Waals surface area contributed by atoms with Crippen LogP contribution in [0.3, 0.4) is 0 Å². The van der Waals surface area contributed by atoms with Crippen molar-refractivity contribution in [1.82, 2.24) is 9.97 Å². The first-order valence-corrected chi connectivity index (χ1v) is 9.24. The first-order valence-electron chi connectivity index (χ1n) is 9.24. The number of para-hydroxylation sites is 2. The molecule has 0 aliphatic heterocycles. The molecule has 0 bridgehead atoms. The molecule has 0 aliphatic rings. The second-order valence-corrected chi connectivity index (χ2v) is 6.34. The van der Waals surface area contributed by atoms with E-state index in [1.54, 1.807) is 12.4 Å². The Hall–Kier alpha value is -3.60. The summed E-state index contributed by atoms with van der Waals surface area (Å²) in [6.07, 6.45) is 3.42. The van der Waals surface area contributed by atoms with Crippen molar-refractivity contribution in [3.05, 3.63) is 90.4 Å². The normalized spacial score (nSPS) is 11.9. The van der Waals surface area contributed by atoms with Gasteiger partial charge in [-0.1, -0.05) is 36.4 Å². The van der Waals surface area contributed by atoms with Crippen molar-refractivity contribution in [1.29, 1.82) is 0 Å². The molecule has 0 amide bonds. The maximum atomic E-state index is 11.0. The maximum Gasteiger partial charge on any atom is 0.147 e. The van der Waals surface area contributed by atoms with Crippen LogP contribution in [0.2, 0.25) is 0 Å². The van der Waals surface area contributed by atoms with Gasteiger partial charge in [0.2, 0.25) is 0 Å². The average molecular weight is 371 g/mol. The molecule has 5 heteroatoms. The lowest BCUT2D eigenvalue weighted by Crippen LogP contribution is -2.15. The van der Waals surface area contributed by atoms with Gasteiger partial charge in [0.05, 0.1) is 24.0 Å². The number of phenols is 1. The predicted molar refractivity (Wildman–Crippen MR) is 111 cm³/mol. The largest absolute Gasteiger partial charge is 0.505 e. The van der Waals surface area contributed by atoms with Crippen LogP contribution in [-0.4, -0.2) is 21.7 Å². The van der Waals surface area contributed by atoms with Crippen LogP contribution in [0.5, 0.6) is 11.5 Å². The number of anilines is 1. The van der Waals surface area contributed by atoms with Crippen LogP contribution in [0.4, 0.5) is 5.69 Å². The highest BCUT2D eigenvalue weighted by Crippen LogP contribution is 2.37. The van der Waals surface area contributed by atoms with Crippen molar-refractivity contribution >= 4 is 16.6 Å². The molecular weight excluding hydrogens is 350 g/mol. The van der Waals surface area contributed by atoms with Gasteiger partial charge in [-0.25, -0.2) is 0 Å². The van der Waals surface area contributed by atoms with E-state index in [1.807, 2.05) is 73.7 Å². The molecule has 5 nitrogen and oxygen atoms in total. The Labute approximate surface area is 163 Å². The third-order valence-corrected chi connectivity index (χ3v) is 4.56. The van der Waals surface area contributed by atoms with Crippen LogP contribution in [-0.2, 0) is 0 Å². The summed E-state index contributed by atoms with van der Waals surface area (Å²) in [6.45, 7) is 2.52. The second kappa shape index (κ2) is 7.96. The Morgan fingerprint density at radius 1 is 0.929 bits per heavy atom. The third kappa shape index (κ3) is 3.47. The minimum absolute atomic E-state index is 0.148. The molecule has 0 radical (unpaired) electrons. The zero-order chi connectivity index (χ0) is 19.3. The van der Waals surface area contributed by atoms with E-state index in [9.17, 15) is 5.11 Å². The number of phenolic OH excluding ortho intramolecular Hbond substituents is 1. The Kier molecular flexibility index (Phi) is 5.06. The molecule has 0 aliphatic carbocycles. The van der Waals surface area contributed by atoms with Crippen molar-refractivity contribution in [2.24, 2.45) is 0 Å². The Morgan fingerprint density at radius 3 is 2.57 bits per heavy atom. The van der Waals surface area contributed by atoms with Crippen LogP contribution in [0, 0.1) is 0 Å². The maximum absolute atomic E-state index is 11.0. The van der Waals surface area contributed by atoms with E-state index < -0.39 is 0 Å². The number of hydrogen-bond donors (Lipinski definition) is 2. The van der Waals surface area contributed by atoms with E-state index in [2.05, 4.69) is 15.3 Å². The Bertz CT molecular complexity index is 1080. The van der Waals surface area contributed by atoms with Gasteiger partial charge in [-0.2, -0.15) is 0 Å². The summed E-state index contributed by atoms with van der Waals surface area (Å²) in [5.74, 6) is 0.902. The van der Waals surface area contributed by atoms with E-state index >= 15 is 0 Å². The number of pyridine rings is 2. The number of rotatable bonds is 6. The van der Waals surface area contributed by atoms with Crippen LogP contribution in [0.15, 0.2) is 79.1 Å². The standard InChI is InChI=1S/C23H21N3O2/c1-2-28-20-11-4-3-9-18(20)26-22(19-10-5-6-14-24-19)17-13-12-16-8-7-15-25-21(16)23(17)27/h3-15,22,26-27H,2H2,1H3. The molecule has 1 atom stereocenters. The van der Waals surface area contributed by atoms with Gasteiger partial charge in [-0.15, -0.1) is 0 Å². The Morgan fingerprint density at radius 2 is 1.75 bits per heavy atom. The number of nitrogens with zero attached hydrogens (tertiary/aromatic N) is 2. The molecule has 0 spiro atoms. The van der Waals surface area contributed by atoms with E-state index in [1.165, 1.54) is 0 Å². The van der Waals surface area contributed by atoms with Gasteiger partial charge in [0, 0.05) is 23.3 Å². The average Bonchev–Trinajstić information content (AvgIpc) is 2.75. The van der Waals surface area contributed by atoms with Gasteiger partial charge >= 0.3 is 0 Å². The van der Waals surface area contributed by atoms with Crippen LogP contribution >= 0.6 is 0 Å². The van der Waals surface area contributed by atoms with Crippen molar-refractivity contribution in [3.8, 4) is 11.5 Å². The van der Waals surface area contributed by atoms with E-state index in [4.69, 9.17) is 4.74 Å². The van der Waals surface area contributed by atoms with Gasteiger partial charge in [0.25, 0.3) is 0 Å². The van der Waals surface area contributed by atoms with Gasteiger partial charge in [-0.05, 0) is 37.3 Å². The van der Waals surface area contributed by atoms with Crippen molar-refractivity contribution in [2.75, 3.05) is 11.9 Å². The van der Waals surface area contributed by atoms with E-state index in [0.717, 1.165) is 22.5 Å². The number of fused-ring (bicyclic) bond motifs is 1. The second-order valence-electron chi connectivity index (χ2n) is 6.34. The number of aromatic hydroxyl groups is 1. The van der Waals surface area contributed by atoms with Crippen molar-refractivity contribution in [2.45, 2.75) is 13.0 Å². The molecule has 140 valence electrons. The molecule has 0 saturated heterocycles. The summed E-state index contributed by atoms with van der Waals surface area (Å²) in [4.78, 5) is 8.86. The molecule has 28 heavy (non-hydrogen) atoms. The molecular formula is C23H21N3O2. The summed E-state index contributed by atoms with van der Waals surface area (Å²) in [7, 11) is 0. The van der Waals surface area contributed by atoms with Gasteiger partial charge in [0.15, 0.2) is 0 Å². The highest BCUT2D eigenvalue weighted by molar-refractivity contribution is 5.86. The number of hydrogen-bond acceptors (Lipinski definition) is 5. The summed E-state index contributed by atoms with van der Waals surface area (Å²) >= 11 is 0. The van der Waals surface area contributed by atoms with Gasteiger partial charge in [-0.3, -0.25) is 9.97 Å². The lowest BCUT2D eigenvalue weighted by atomic mass is 9.99. The fourth-order valence-corrected chi connectivity index (χ4v) is 3.26. The molecule has 0 fully saturated rings. The van der Waals surface area contributed by atoms with Crippen molar-refractivity contribution < 1.29 is 9.84 Å². The van der Waals surface area contributed by atoms with E-state index in [0.29, 0.717) is 17.7 Å². The summed E-state index contributed by atoms with van der Waals surface area (Å²) < 4.78 is 5.75. The zero-order valence-corrected chi connectivity index (χ0v) is 15.5. The third-order valence-electron chi connectivity index (χ3n) is 4.56. The lowest BCUT2D eigenvalue weighted by molar-refractivity contribution is 0.341.